The van der Waals surface area contributed by atoms with Gasteiger partial charge in [-0.1, -0.05) is 17.7 Å². The van der Waals surface area contributed by atoms with E-state index in [1.165, 1.54) is 11.0 Å². The van der Waals surface area contributed by atoms with Gasteiger partial charge in [-0.25, -0.2) is 9.48 Å². The molecule has 0 bridgehead atoms. The van der Waals surface area contributed by atoms with E-state index < -0.39 is 5.97 Å². The number of hydrogen-bond donors (Lipinski definition) is 1. The predicted molar refractivity (Wildman–Crippen MR) is 98.7 cm³/mol. The normalized spacial score (nSPS) is 10.5. The molecule has 0 saturated heterocycles. The van der Waals surface area contributed by atoms with Crippen LogP contribution < -0.4 is 5.32 Å². The molecule has 27 heavy (non-hydrogen) atoms. The quantitative estimate of drug-likeness (QED) is 0.697. The van der Waals surface area contributed by atoms with Crippen LogP contribution in [0.3, 0.4) is 0 Å². The first kappa shape index (κ1) is 18.2. The summed E-state index contributed by atoms with van der Waals surface area (Å²) < 4.78 is 6.57. The Labute approximate surface area is 156 Å². The number of anilines is 1. The van der Waals surface area contributed by atoms with Crippen molar-refractivity contribution in [3.63, 3.8) is 0 Å². The second kappa shape index (κ2) is 7.77. The minimum atomic E-state index is -0.578. The highest BCUT2D eigenvalue weighted by Crippen LogP contribution is 2.21. The molecule has 0 spiro atoms. The van der Waals surface area contributed by atoms with Crippen molar-refractivity contribution in [2.75, 3.05) is 11.9 Å². The van der Waals surface area contributed by atoms with Crippen molar-refractivity contribution in [1.29, 1.82) is 0 Å². The molecule has 0 radical (unpaired) electrons. The fourth-order valence-electron chi connectivity index (χ4n) is 2.80. The Morgan fingerprint density at radius 1 is 1.07 bits per heavy atom. The Morgan fingerprint density at radius 3 is 2.33 bits per heavy atom. The number of aryl methyl sites for hydroxylation is 3. The largest absolute Gasteiger partial charge is 0.452 e. The van der Waals surface area contributed by atoms with Crippen LogP contribution in [0.2, 0.25) is 0 Å². The lowest BCUT2D eigenvalue weighted by Gasteiger charge is -2.13. The van der Waals surface area contributed by atoms with Gasteiger partial charge < -0.3 is 10.1 Å². The third-order valence-electron chi connectivity index (χ3n) is 3.99. The number of carbonyl (C=O) groups is 2. The van der Waals surface area contributed by atoms with Crippen LogP contribution in [0.25, 0.3) is 5.69 Å². The van der Waals surface area contributed by atoms with Crippen LogP contribution in [0.1, 0.15) is 27.0 Å². The van der Waals surface area contributed by atoms with Crippen LogP contribution in [0, 0.1) is 20.8 Å². The Balaban J connectivity index is 1.58. The first-order valence-corrected chi connectivity index (χ1v) is 8.32. The Morgan fingerprint density at radius 2 is 1.74 bits per heavy atom. The third-order valence-corrected chi connectivity index (χ3v) is 3.99. The maximum atomic E-state index is 12.1. The lowest BCUT2D eigenvalue weighted by atomic mass is 10.1. The molecule has 8 heteroatoms. The van der Waals surface area contributed by atoms with Crippen LogP contribution in [-0.2, 0) is 9.53 Å². The fourth-order valence-corrected chi connectivity index (χ4v) is 2.80. The third kappa shape index (κ3) is 4.35. The van der Waals surface area contributed by atoms with Crippen LogP contribution in [-0.4, -0.2) is 38.7 Å². The van der Waals surface area contributed by atoms with E-state index in [0.29, 0.717) is 11.3 Å². The summed E-state index contributed by atoms with van der Waals surface area (Å²) in [5.74, 6) is -0.963. The Hall–Kier alpha value is -3.55. The first-order chi connectivity index (χ1) is 12.9. The minimum Gasteiger partial charge on any atom is -0.452 e. The van der Waals surface area contributed by atoms with Crippen molar-refractivity contribution in [1.82, 2.24) is 20.2 Å². The number of rotatable bonds is 5. The van der Waals surface area contributed by atoms with Gasteiger partial charge >= 0.3 is 5.97 Å². The maximum absolute atomic E-state index is 12.1. The van der Waals surface area contributed by atoms with Gasteiger partial charge in [0.2, 0.25) is 0 Å². The molecule has 1 amide bonds. The van der Waals surface area contributed by atoms with Crippen LogP contribution in [0.4, 0.5) is 5.69 Å². The second-order valence-electron chi connectivity index (χ2n) is 6.20. The van der Waals surface area contributed by atoms with Gasteiger partial charge in [0, 0.05) is 5.69 Å². The van der Waals surface area contributed by atoms with Crippen LogP contribution in [0.5, 0.6) is 0 Å². The van der Waals surface area contributed by atoms with Crippen molar-refractivity contribution < 1.29 is 14.3 Å². The Bertz CT molecular complexity index is 943. The summed E-state index contributed by atoms with van der Waals surface area (Å²) in [7, 11) is 0. The number of aromatic nitrogens is 4. The number of nitrogens with zero attached hydrogens (tertiary/aromatic N) is 4. The molecule has 1 heterocycles. The SMILES string of the molecule is Cc1cc(C)c(NC(=O)COC(=O)c2ccc(-n3cnnn3)cc2)c(C)c1. The van der Waals surface area contributed by atoms with E-state index in [-0.39, 0.29) is 12.5 Å². The molecule has 8 nitrogen and oxygen atoms in total. The molecule has 138 valence electrons. The number of esters is 1. The van der Waals surface area contributed by atoms with Crippen molar-refractivity contribution in [2.45, 2.75) is 20.8 Å². The summed E-state index contributed by atoms with van der Waals surface area (Å²) in [5, 5.41) is 13.7. The molecule has 0 atom stereocenters. The van der Waals surface area contributed by atoms with E-state index in [1.807, 2.05) is 32.9 Å². The average Bonchev–Trinajstić information content (AvgIpc) is 3.17. The monoisotopic (exact) mass is 365 g/mol. The number of hydrogen-bond acceptors (Lipinski definition) is 6. The number of amides is 1. The molecule has 3 aromatic rings. The zero-order valence-corrected chi connectivity index (χ0v) is 15.3. The first-order valence-electron chi connectivity index (χ1n) is 8.32. The highest BCUT2D eigenvalue weighted by Gasteiger charge is 2.13. The predicted octanol–water partition coefficient (Wildman–Crippen LogP) is 2.38. The molecule has 0 aliphatic heterocycles. The average molecular weight is 365 g/mol. The van der Waals surface area contributed by atoms with Gasteiger partial charge in [0.25, 0.3) is 5.91 Å². The van der Waals surface area contributed by atoms with E-state index in [1.54, 1.807) is 24.3 Å². The van der Waals surface area contributed by atoms with Crippen LogP contribution in [0.15, 0.2) is 42.7 Å². The number of nitrogens with one attached hydrogen (secondary N) is 1. The summed E-state index contributed by atoms with van der Waals surface area (Å²) in [4.78, 5) is 24.3. The summed E-state index contributed by atoms with van der Waals surface area (Å²) in [6, 6.07) is 10.5. The van der Waals surface area contributed by atoms with Crippen molar-refractivity contribution in [2.24, 2.45) is 0 Å². The van der Waals surface area contributed by atoms with Crippen molar-refractivity contribution in [3.05, 3.63) is 65.0 Å². The van der Waals surface area contributed by atoms with Gasteiger partial charge in [0.1, 0.15) is 6.33 Å². The standard InChI is InChI=1S/C19H19N5O3/c1-12-8-13(2)18(14(3)9-12)21-17(25)10-27-19(26)15-4-6-16(7-5-15)24-11-20-22-23-24/h4-9,11H,10H2,1-3H3,(H,21,25). The lowest BCUT2D eigenvalue weighted by molar-refractivity contribution is -0.119. The topological polar surface area (TPSA) is 99.0 Å². The van der Waals surface area contributed by atoms with Crippen molar-refractivity contribution in [3.8, 4) is 5.69 Å². The molecule has 1 aromatic heterocycles. The number of benzene rings is 2. The summed E-state index contributed by atoms with van der Waals surface area (Å²) in [6.07, 6.45) is 1.45. The summed E-state index contributed by atoms with van der Waals surface area (Å²) in [5.41, 5.74) is 4.84. The van der Waals surface area contributed by atoms with Crippen LogP contribution >= 0.6 is 0 Å². The highest BCUT2D eigenvalue weighted by atomic mass is 16.5. The van der Waals surface area contributed by atoms with Gasteiger partial charge in [-0.2, -0.15) is 0 Å². The number of ether oxygens (including phenoxy) is 1. The molecule has 0 aliphatic carbocycles. The summed E-state index contributed by atoms with van der Waals surface area (Å²) >= 11 is 0. The molecule has 0 aliphatic rings. The molecule has 2 aromatic carbocycles. The molecule has 0 fully saturated rings. The zero-order chi connectivity index (χ0) is 19.4. The maximum Gasteiger partial charge on any atom is 0.338 e. The molecular formula is C19H19N5O3. The van der Waals surface area contributed by atoms with E-state index >= 15 is 0 Å². The van der Waals surface area contributed by atoms with Crippen molar-refractivity contribution >= 4 is 17.6 Å². The lowest BCUT2D eigenvalue weighted by Crippen LogP contribution is -2.22. The summed E-state index contributed by atoms with van der Waals surface area (Å²) in [6.45, 7) is 5.49. The number of tetrazole rings is 1. The van der Waals surface area contributed by atoms with Gasteiger partial charge in [0.05, 0.1) is 11.3 Å². The van der Waals surface area contributed by atoms with E-state index in [2.05, 4.69) is 20.8 Å². The Kier molecular flexibility index (Phi) is 5.25. The zero-order valence-electron chi connectivity index (χ0n) is 15.3. The fraction of sp³-hybridized carbons (Fsp3) is 0.211. The molecule has 3 rings (SSSR count). The van der Waals surface area contributed by atoms with Gasteiger partial charge in [-0.15, -0.1) is 5.10 Å². The van der Waals surface area contributed by atoms with E-state index in [9.17, 15) is 9.59 Å². The molecular weight excluding hydrogens is 346 g/mol. The van der Waals surface area contributed by atoms with E-state index in [0.717, 1.165) is 22.4 Å². The van der Waals surface area contributed by atoms with Gasteiger partial charge in [-0.05, 0) is 66.6 Å². The number of carbonyl (C=O) groups excluding carboxylic acids is 2. The second-order valence-corrected chi connectivity index (χ2v) is 6.20. The van der Waals surface area contributed by atoms with Gasteiger partial charge in [0.15, 0.2) is 6.61 Å². The molecule has 0 unspecified atom stereocenters. The smallest absolute Gasteiger partial charge is 0.338 e. The molecule has 0 saturated carbocycles. The minimum absolute atomic E-state index is 0.335. The van der Waals surface area contributed by atoms with Gasteiger partial charge in [-0.3, -0.25) is 4.79 Å². The molecule has 1 N–H and O–H groups in total. The van der Waals surface area contributed by atoms with E-state index in [4.69, 9.17) is 4.74 Å². The highest BCUT2D eigenvalue weighted by molar-refractivity contribution is 5.96.